The minimum atomic E-state index is 0.869. The minimum Gasteiger partial charge on any atom is -0.497 e. The molecule has 1 aromatic heterocycles. The van der Waals surface area contributed by atoms with Crippen molar-refractivity contribution in [2.24, 2.45) is 0 Å². The summed E-state index contributed by atoms with van der Waals surface area (Å²) in [6.07, 6.45) is 0. The average molecular weight is 338 g/mol. The Morgan fingerprint density at radius 3 is 2.68 bits per heavy atom. The van der Waals surface area contributed by atoms with Gasteiger partial charge < -0.3 is 4.74 Å². The Morgan fingerprint density at radius 1 is 1.21 bits per heavy atom. The summed E-state index contributed by atoms with van der Waals surface area (Å²) in [6.45, 7) is 4.12. The van der Waals surface area contributed by atoms with Gasteiger partial charge in [0.05, 0.1) is 12.1 Å². The summed E-state index contributed by atoms with van der Waals surface area (Å²) in [5.41, 5.74) is 3.53. The highest BCUT2D eigenvalue weighted by Gasteiger charge is 2.05. The zero-order chi connectivity index (χ0) is 13.8. The number of hydrogen-bond donors (Lipinski definition) is 0. The van der Waals surface area contributed by atoms with Gasteiger partial charge in [-0.3, -0.25) is 0 Å². The Balaban J connectivity index is 2.13. The molecule has 2 rings (SSSR count). The van der Waals surface area contributed by atoms with Gasteiger partial charge in [0.15, 0.2) is 0 Å². The normalized spacial score (nSPS) is 10.5. The summed E-state index contributed by atoms with van der Waals surface area (Å²) in [5.74, 6) is 1.75. The van der Waals surface area contributed by atoms with Crippen LogP contribution in [0.4, 0.5) is 0 Å². The molecule has 0 N–H and O–H groups in total. The summed E-state index contributed by atoms with van der Waals surface area (Å²) in [7, 11) is 1.69. The second kappa shape index (κ2) is 6.44. The first-order valence-electron chi connectivity index (χ1n) is 5.99. The largest absolute Gasteiger partial charge is 0.497 e. The van der Waals surface area contributed by atoms with Gasteiger partial charge in [0.2, 0.25) is 0 Å². The molecule has 2 nitrogen and oxygen atoms in total. The average Bonchev–Trinajstić information content (AvgIpc) is 2.37. The van der Waals surface area contributed by atoms with E-state index in [2.05, 4.69) is 46.0 Å². The number of aromatic nitrogens is 1. The number of nitrogens with zero attached hydrogens (tertiary/aromatic N) is 1. The molecule has 0 saturated heterocycles. The van der Waals surface area contributed by atoms with Gasteiger partial charge in [-0.1, -0.05) is 15.9 Å². The van der Waals surface area contributed by atoms with Crippen molar-refractivity contribution in [3.8, 4) is 5.75 Å². The second-order valence-electron chi connectivity index (χ2n) is 4.37. The summed E-state index contributed by atoms with van der Waals surface area (Å²) in [6, 6.07) is 10.2. The summed E-state index contributed by atoms with van der Waals surface area (Å²) in [5, 5.41) is 1.06. The molecular weight excluding hydrogens is 322 g/mol. The van der Waals surface area contributed by atoms with Crippen LogP contribution in [0.1, 0.15) is 16.8 Å². The number of thioether (sulfide) groups is 1. The van der Waals surface area contributed by atoms with Gasteiger partial charge in [-0.15, -0.1) is 11.8 Å². The third-order valence-electron chi connectivity index (χ3n) is 2.70. The van der Waals surface area contributed by atoms with Crippen molar-refractivity contribution < 1.29 is 4.74 Å². The molecule has 0 radical (unpaired) electrons. The molecule has 0 amide bonds. The van der Waals surface area contributed by atoms with Crippen molar-refractivity contribution in [2.45, 2.75) is 24.6 Å². The van der Waals surface area contributed by atoms with Crippen molar-refractivity contribution in [3.63, 3.8) is 0 Å². The Labute approximate surface area is 126 Å². The third-order valence-corrected chi connectivity index (χ3v) is 4.44. The fourth-order valence-electron chi connectivity index (χ4n) is 1.82. The zero-order valence-corrected chi connectivity index (χ0v) is 13.6. The van der Waals surface area contributed by atoms with Crippen LogP contribution in [0.5, 0.6) is 5.75 Å². The summed E-state index contributed by atoms with van der Waals surface area (Å²) < 4.78 is 6.36. The number of hydrogen-bond acceptors (Lipinski definition) is 3. The van der Waals surface area contributed by atoms with Gasteiger partial charge in [-0.2, -0.15) is 0 Å². The van der Waals surface area contributed by atoms with Crippen LogP contribution in [0.15, 0.2) is 39.8 Å². The molecule has 0 aliphatic heterocycles. The van der Waals surface area contributed by atoms with Crippen LogP contribution in [0.25, 0.3) is 0 Å². The predicted octanol–water partition coefficient (Wildman–Crippen LogP) is 4.76. The highest BCUT2D eigenvalue weighted by Crippen LogP contribution is 2.29. The standard InChI is InChI=1S/C15H16BrNOS/c1-10-6-11(2)17-15(7-10)19-9-12-8-13(18-3)4-5-14(12)16/h4-8H,9H2,1-3H3. The van der Waals surface area contributed by atoms with Crippen LogP contribution in [-0.4, -0.2) is 12.1 Å². The molecule has 1 heterocycles. The van der Waals surface area contributed by atoms with Gasteiger partial charge in [-0.05, 0) is 55.3 Å². The van der Waals surface area contributed by atoms with Crippen LogP contribution in [0.2, 0.25) is 0 Å². The first-order valence-corrected chi connectivity index (χ1v) is 7.77. The van der Waals surface area contributed by atoms with Crippen LogP contribution in [-0.2, 0) is 5.75 Å². The van der Waals surface area contributed by atoms with Crippen LogP contribution >= 0.6 is 27.7 Å². The SMILES string of the molecule is COc1ccc(Br)c(CSc2cc(C)cc(C)n2)c1. The van der Waals surface area contributed by atoms with Crippen molar-refractivity contribution in [1.29, 1.82) is 0 Å². The highest BCUT2D eigenvalue weighted by atomic mass is 79.9. The Morgan fingerprint density at radius 2 is 2.00 bits per heavy atom. The highest BCUT2D eigenvalue weighted by molar-refractivity contribution is 9.10. The quantitative estimate of drug-likeness (QED) is 0.750. The van der Waals surface area contributed by atoms with Crippen LogP contribution in [0, 0.1) is 13.8 Å². The van der Waals surface area contributed by atoms with E-state index in [9.17, 15) is 0 Å². The molecule has 0 spiro atoms. The lowest BCUT2D eigenvalue weighted by Gasteiger charge is -2.08. The van der Waals surface area contributed by atoms with E-state index in [0.717, 1.165) is 26.7 Å². The van der Waals surface area contributed by atoms with Crippen molar-refractivity contribution in [3.05, 3.63) is 51.6 Å². The topological polar surface area (TPSA) is 22.1 Å². The number of benzene rings is 1. The van der Waals surface area contributed by atoms with E-state index in [-0.39, 0.29) is 0 Å². The van der Waals surface area contributed by atoms with E-state index in [1.54, 1.807) is 18.9 Å². The van der Waals surface area contributed by atoms with E-state index >= 15 is 0 Å². The molecule has 0 saturated carbocycles. The molecule has 1 aromatic carbocycles. The first kappa shape index (κ1) is 14.4. The van der Waals surface area contributed by atoms with Gasteiger partial charge in [0.25, 0.3) is 0 Å². The molecular formula is C15H16BrNOS. The fraction of sp³-hybridized carbons (Fsp3) is 0.267. The van der Waals surface area contributed by atoms with E-state index in [1.807, 2.05) is 19.1 Å². The molecule has 100 valence electrons. The molecule has 0 aliphatic carbocycles. The number of rotatable bonds is 4. The number of ether oxygens (including phenoxy) is 1. The molecule has 0 atom stereocenters. The monoisotopic (exact) mass is 337 g/mol. The fourth-order valence-corrected chi connectivity index (χ4v) is 3.41. The van der Waals surface area contributed by atoms with Gasteiger partial charge in [-0.25, -0.2) is 4.98 Å². The number of methoxy groups -OCH3 is 1. The molecule has 0 fully saturated rings. The van der Waals surface area contributed by atoms with E-state index in [0.29, 0.717) is 0 Å². The van der Waals surface area contributed by atoms with Gasteiger partial charge in [0, 0.05) is 15.9 Å². The Bertz CT molecular complexity index is 566. The second-order valence-corrected chi connectivity index (χ2v) is 6.22. The van der Waals surface area contributed by atoms with E-state index in [1.165, 1.54) is 11.1 Å². The number of pyridine rings is 1. The van der Waals surface area contributed by atoms with Gasteiger partial charge >= 0.3 is 0 Å². The van der Waals surface area contributed by atoms with Crippen molar-refractivity contribution in [2.75, 3.05) is 7.11 Å². The third kappa shape index (κ3) is 3.98. The lowest BCUT2D eigenvalue weighted by molar-refractivity contribution is 0.414. The Hall–Kier alpha value is -1.00. The van der Waals surface area contributed by atoms with Crippen molar-refractivity contribution in [1.82, 2.24) is 4.98 Å². The molecule has 0 aliphatic rings. The van der Waals surface area contributed by atoms with E-state index < -0.39 is 0 Å². The summed E-state index contributed by atoms with van der Waals surface area (Å²) >= 11 is 5.31. The zero-order valence-electron chi connectivity index (χ0n) is 11.2. The summed E-state index contributed by atoms with van der Waals surface area (Å²) in [4.78, 5) is 4.54. The van der Waals surface area contributed by atoms with Crippen LogP contribution in [0.3, 0.4) is 0 Å². The maximum atomic E-state index is 5.25. The molecule has 2 aromatic rings. The van der Waals surface area contributed by atoms with Crippen LogP contribution < -0.4 is 4.74 Å². The molecule has 0 unspecified atom stereocenters. The number of halogens is 1. The molecule has 0 bridgehead atoms. The Kier molecular flexibility index (Phi) is 4.88. The van der Waals surface area contributed by atoms with Gasteiger partial charge in [0.1, 0.15) is 5.75 Å². The maximum Gasteiger partial charge on any atom is 0.119 e. The predicted molar refractivity (Wildman–Crippen MR) is 84.0 cm³/mol. The van der Waals surface area contributed by atoms with E-state index in [4.69, 9.17) is 4.74 Å². The lowest BCUT2D eigenvalue weighted by Crippen LogP contribution is -1.90. The molecule has 19 heavy (non-hydrogen) atoms. The molecule has 4 heteroatoms. The number of aryl methyl sites for hydroxylation is 2. The first-order chi connectivity index (χ1) is 9.08. The smallest absolute Gasteiger partial charge is 0.119 e. The minimum absolute atomic E-state index is 0.869. The maximum absolute atomic E-state index is 5.25. The lowest BCUT2D eigenvalue weighted by atomic mass is 10.2. The van der Waals surface area contributed by atoms with Crippen molar-refractivity contribution >= 4 is 27.7 Å².